The van der Waals surface area contributed by atoms with E-state index in [2.05, 4.69) is 37.5 Å². The van der Waals surface area contributed by atoms with Gasteiger partial charge in [0, 0.05) is 37.1 Å². The van der Waals surface area contributed by atoms with Crippen LogP contribution in [-0.2, 0) is 0 Å². The molecular formula is C14H26N4S. The second kappa shape index (κ2) is 6.20. The Bertz CT molecular complexity index is 380. The first kappa shape index (κ1) is 14.8. The molecule has 19 heavy (non-hydrogen) atoms. The van der Waals surface area contributed by atoms with Gasteiger partial charge in [-0.1, -0.05) is 32.1 Å². The number of aromatic nitrogens is 1. The first-order valence-corrected chi connectivity index (χ1v) is 8.08. The zero-order valence-electron chi connectivity index (χ0n) is 12.5. The lowest BCUT2D eigenvalue weighted by atomic mass is 10.1. The maximum Gasteiger partial charge on any atom is 0.185 e. The van der Waals surface area contributed by atoms with Crippen LogP contribution in [-0.4, -0.2) is 42.6 Å². The molecule has 1 saturated heterocycles. The summed E-state index contributed by atoms with van der Waals surface area (Å²) in [5.74, 6) is 0.447. The number of piperazine rings is 1. The lowest BCUT2D eigenvalue weighted by Gasteiger charge is -2.33. The van der Waals surface area contributed by atoms with E-state index in [9.17, 15) is 0 Å². The van der Waals surface area contributed by atoms with Crippen molar-refractivity contribution in [3.63, 3.8) is 0 Å². The number of thiazole rings is 1. The van der Waals surface area contributed by atoms with Gasteiger partial charge in [-0.2, -0.15) is 0 Å². The van der Waals surface area contributed by atoms with E-state index in [1.807, 2.05) is 0 Å². The highest BCUT2D eigenvalue weighted by atomic mass is 32.1. The average molecular weight is 282 g/mol. The lowest BCUT2D eigenvalue weighted by Crippen LogP contribution is -2.46. The second-order valence-corrected chi connectivity index (χ2v) is 6.62. The molecule has 1 aliphatic rings. The molecule has 0 radical (unpaired) electrons. The standard InChI is InChI=1S/C14H26N4S/c1-5-17-6-8-18(9-7-17)14-16-12(10(2)3)13(19-14)11(4)15/h10-11H,5-9,15H2,1-4H3. The third kappa shape index (κ3) is 3.27. The monoisotopic (exact) mass is 282 g/mol. The normalized spacial score (nSPS) is 19.2. The van der Waals surface area contributed by atoms with E-state index in [0.717, 1.165) is 37.9 Å². The molecule has 2 N–H and O–H groups in total. The predicted octanol–water partition coefficient (Wildman–Crippen LogP) is 2.43. The van der Waals surface area contributed by atoms with Gasteiger partial charge in [-0.3, -0.25) is 0 Å². The number of anilines is 1. The van der Waals surface area contributed by atoms with Crippen LogP contribution in [0.5, 0.6) is 0 Å². The van der Waals surface area contributed by atoms with Crippen molar-refractivity contribution in [2.45, 2.75) is 39.7 Å². The van der Waals surface area contributed by atoms with Gasteiger partial charge >= 0.3 is 0 Å². The largest absolute Gasteiger partial charge is 0.346 e. The molecule has 0 amide bonds. The Morgan fingerprint density at radius 2 is 1.84 bits per heavy atom. The Morgan fingerprint density at radius 3 is 2.26 bits per heavy atom. The SMILES string of the molecule is CCN1CCN(c2nc(C(C)C)c(C(C)N)s2)CC1. The van der Waals surface area contributed by atoms with Crippen molar-refractivity contribution >= 4 is 16.5 Å². The van der Waals surface area contributed by atoms with Crippen LogP contribution < -0.4 is 10.6 Å². The summed E-state index contributed by atoms with van der Waals surface area (Å²) < 4.78 is 0. The van der Waals surface area contributed by atoms with E-state index in [4.69, 9.17) is 10.7 Å². The molecule has 1 aliphatic heterocycles. The first-order valence-electron chi connectivity index (χ1n) is 7.26. The van der Waals surface area contributed by atoms with Crippen LogP contribution in [0.1, 0.15) is 50.2 Å². The maximum absolute atomic E-state index is 6.08. The summed E-state index contributed by atoms with van der Waals surface area (Å²) >= 11 is 1.78. The molecule has 1 aromatic heterocycles. The summed E-state index contributed by atoms with van der Waals surface area (Å²) in [6.45, 7) is 14.3. The van der Waals surface area contributed by atoms with Gasteiger partial charge in [0.05, 0.1) is 5.69 Å². The number of hydrogen-bond acceptors (Lipinski definition) is 5. The highest BCUT2D eigenvalue weighted by Gasteiger charge is 2.22. The van der Waals surface area contributed by atoms with Gasteiger partial charge in [-0.25, -0.2) is 4.98 Å². The smallest absolute Gasteiger partial charge is 0.185 e. The molecule has 0 saturated carbocycles. The van der Waals surface area contributed by atoms with Crippen LogP contribution in [0.4, 0.5) is 5.13 Å². The first-order chi connectivity index (χ1) is 9.02. The van der Waals surface area contributed by atoms with Crippen LogP contribution in [0.3, 0.4) is 0 Å². The molecule has 108 valence electrons. The zero-order chi connectivity index (χ0) is 14.0. The minimum atomic E-state index is 0.0839. The van der Waals surface area contributed by atoms with Crippen molar-refractivity contribution in [1.82, 2.24) is 9.88 Å². The van der Waals surface area contributed by atoms with Crippen molar-refractivity contribution < 1.29 is 0 Å². The van der Waals surface area contributed by atoms with Crippen LogP contribution >= 0.6 is 11.3 Å². The molecule has 2 rings (SSSR count). The summed E-state index contributed by atoms with van der Waals surface area (Å²) in [6, 6.07) is 0.0839. The zero-order valence-corrected chi connectivity index (χ0v) is 13.3. The minimum Gasteiger partial charge on any atom is -0.346 e. The Hall–Kier alpha value is -0.650. The molecule has 0 aliphatic carbocycles. The molecule has 0 bridgehead atoms. The Labute approximate surface area is 120 Å². The number of hydrogen-bond donors (Lipinski definition) is 1. The van der Waals surface area contributed by atoms with Crippen LogP contribution in [0, 0.1) is 0 Å². The second-order valence-electron chi connectivity index (χ2n) is 5.61. The number of rotatable bonds is 4. The molecule has 1 fully saturated rings. The molecule has 1 atom stereocenters. The fraction of sp³-hybridized carbons (Fsp3) is 0.786. The Kier molecular flexibility index (Phi) is 4.81. The van der Waals surface area contributed by atoms with Gasteiger partial charge in [-0.15, -0.1) is 0 Å². The van der Waals surface area contributed by atoms with Crippen LogP contribution in [0.2, 0.25) is 0 Å². The van der Waals surface area contributed by atoms with E-state index in [-0.39, 0.29) is 6.04 Å². The quantitative estimate of drug-likeness (QED) is 0.921. The van der Waals surface area contributed by atoms with Crippen LogP contribution in [0.15, 0.2) is 0 Å². The van der Waals surface area contributed by atoms with E-state index in [1.165, 1.54) is 10.6 Å². The molecule has 1 unspecified atom stereocenters. The predicted molar refractivity (Wildman–Crippen MR) is 83.1 cm³/mol. The van der Waals surface area contributed by atoms with Gasteiger partial charge < -0.3 is 15.5 Å². The highest BCUT2D eigenvalue weighted by molar-refractivity contribution is 7.15. The summed E-state index contributed by atoms with van der Waals surface area (Å²) in [4.78, 5) is 11.0. The van der Waals surface area contributed by atoms with E-state index in [0.29, 0.717) is 5.92 Å². The third-order valence-corrected chi connectivity index (χ3v) is 5.05. The van der Waals surface area contributed by atoms with Crippen molar-refractivity contribution in [2.75, 3.05) is 37.6 Å². The van der Waals surface area contributed by atoms with Gasteiger partial charge in [0.25, 0.3) is 0 Å². The van der Waals surface area contributed by atoms with Crippen molar-refractivity contribution in [1.29, 1.82) is 0 Å². The molecule has 0 aromatic carbocycles. The average Bonchev–Trinajstić information content (AvgIpc) is 2.84. The molecule has 1 aromatic rings. The highest BCUT2D eigenvalue weighted by Crippen LogP contribution is 2.34. The third-order valence-electron chi connectivity index (χ3n) is 3.72. The van der Waals surface area contributed by atoms with Crippen molar-refractivity contribution in [2.24, 2.45) is 5.73 Å². The molecule has 0 spiro atoms. The fourth-order valence-electron chi connectivity index (χ4n) is 2.46. The summed E-state index contributed by atoms with van der Waals surface area (Å²) in [5.41, 5.74) is 7.27. The fourth-order valence-corrected chi connectivity index (χ4v) is 3.69. The maximum atomic E-state index is 6.08. The van der Waals surface area contributed by atoms with Gasteiger partial charge in [0.1, 0.15) is 0 Å². The summed E-state index contributed by atoms with van der Waals surface area (Å²) in [6.07, 6.45) is 0. The van der Waals surface area contributed by atoms with E-state index < -0.39 is 0 Å². The van der Waals surface area contributed by atoms with E-state index >= 15 is 0 Å². The van der Waals surface area contributed by atoms with E-state index in [1.54, 1.807) is 11.3 Å². The molecule has 2 heterocycles. The Balaban J connectivity index is 2.15. The van der Waals surface area contributed by atoms with Gasteiger partial charge in [0.2, 0.25) is 0 Å². The molecule has 5 heteroatoms. The Morgan fingerprint density at radius 1 is 1.21 bits per heavy atom. The minimum absolute atomic E-state index is 0.0839. The number of likely N-dealkylation sites (N-methyl/N-ethyl adjacent to an activating group) is 1. The van der Waals surface area contributed by atoms with Crippen molar-refractivity contribution in [3.05, 3.63) is 10.6 Å². The van der Waals surface area contributed by atoms with Gasteiger partial charge in [0.15, 0.2) is 5.13 Å². The molecule has 4 nitrogen and oxygen atoms in total. The number of nitrogens with zero attached hydrogens (tertiary/aromatic N) is 3. The van der Waals surface area contributed by atoms with Crippen LogP contribution in [0.25, 0.3) is 0 Å². The topological polar surface area (TPSA) is 45.4 Å². The summed E-state index contributed by atoms with van der Waals surface area (Å²) in [7, 11) is 0. The molecular weight excluding hydrogens is 256 g/mol. The van der Waals surface area contributed by atoms with Crippen molar-refractivity contribution in [3.8, 4) is 0 Å². The number of nitrogens with two attached hydrogens (primary N) is 1. The summed E-state index contributed by atoms with van der Waals surface area (Å²) in [5, 5.41) is 1.16. The van der Waals surface area contributed by atoms with Gasteiger partial charge in [-0.05, 0) is 19.4 Å². The lowest BCUT2D eigenvalue weighted by molar-refractivity contribution is 0.271.